The molecule has 0 saturated carbocycles. The number of hydrogen-bond acceptors (Lipinski definition) is 5. The molecule has 126 valence electrons. The largest absolute Gasteiger partial charge is 0.493 e. The Hall–Kier alpha value is -1.17. The van der Waals surface area contributed by atoms with Gasteiger partial charge in [0, 0.05) is 24.7 Å². The van der Waals surface area contributed by atoms with Crippen molar-refractivity contribution in [3.63, 3.8) is 0 Å². The summed E-state index contributed by atoms with van der Waals surface area (Å²) in [5.41, 5.74) is 1.13. The molecule has 1 fully saturated rings. The highest BCUT2D eigenvalue weighted by Gasteiger charge is 2.22. The van der Waals surface area contributed by atoms with E-state index in [0.717, 1.165) is 30.9 Å². The number of ether oxygens (including phenoxy) is 3. The van der Waals surface area contributed by atoms with E-state index in [2.05, 4.69) is 16.3 Å². The van der Waals surface area contributed by atoms with Gasteiger partial charge in [-0.05, 0) is 32.5 Å². The molecule has 5 nitrogen and oxygen atoms in total. The molecular formula is C16H27ClN2O3. The van der Waals surface area contributed by atoms with Gasteiger partial charge in [-0.2, -0.15) is 0 Å². The van der Waals surface area contributed by atoms with Crippen molar-refractivity contribution in [2.45, 2.75) is 25.4 Å². The second-order valence-corrected chi connectivity index (χ2v) is 5.36. The number of rotatable bonds is 6. The molecule has 6 heteroatoms. The van der Waals surface area contributed by atoms with Crippen LogP contribution in [0, 0.1) is 0 Å². The molecule has 0 spiro atoms. The maximum Gasteiger partial charge on any atom is 0.203 e. The van der Waals surface area contributed by atoms with Crippen LogP contribution in [0.15, 0.2) is 12.1 Å². The van der Waals surface area contributed by atoms with E-state index < -0.39 is 0 Å². The Morgan fingerprint density at radius 3 is 2.45 bits per heavy atom. The van der Waals surface area contributed by atoms with Crippen molar-refractivity contribution < 1.29 is 14.2 Å². The lowest BCUT2D eigenvalue weighted by molar-refractivity contribution is 0.185. The molecule has 1 unspecified atom stereocenters. The highest BCUT2D eigenvalue weighted by atomic mass is 35.5. The van der Waals surface area contributed by atoms with Crippen LogP contribution in [0.2, 0.25) is 0 Å². The summed E-state index contributed by atoms with van der Waals surface area (Å²) in [6, 6.07) is 4.57. The van der Waals surface area contributed by atoms with Gasteiger partial charge in [0.2, 0.25) is 5.75 Å². The average Bonchev–Trinajstić information content (AvgIpc) is 2.54. The van der Waals surface area contributed by atoms with Gasteiger partial charge >= 0.3 is 0 Å². The standard InChI is InChI=1S/C16H26N2O3.ClH/c1-17-13-6-5-9-18(11-13)10-12-7-8-14(19-2)16(21-4)15(12)20-3;/h7-8,13,17H,5-6,9-11H2,1-4H3;1H. The number of halogens is 1. The summed E-state index contributed by atoms with van der Waals surface area (Å²) in [7, 11) is 6.99. The Morgan fingerprint density at radius 2 is 1.86 bits per heavy atom. The predicted octanol–water partition coefficient (Wildman–Crippen LogP) is 2.32. The van der Waals surface area contributed by atoms with Gasteiger partial charge < -0.3 is 19.5 Å². The highest BCUT2D eigenvalue weighted by Crippen LogP contribution is 2.40. The Morgan fingerprint density at radius 1 is 1.14 bits per heavy atom. The maximum absolute atomic E-state index is 5.56. The van der Waals surface area contributed by atoms with Crippen molar-refractivity contribution in [2.75, 3.05) is 41.5 Å². The van der Waals surface area contributed by atoms with E-state index in [0.29, 0.717) is 17.5 Å². The number of likely N-dealkylation sites (N-methyl/N-ethyl adjacent to an activating group) is 1. The monoisotopic (exact) mass is 330 g/mol. The average molecular weight is 331 g/mol. The second-order valence-electron chi connectivity index (χ2n) is 5.36. The van der Waals surface area contributed by atoms with Gasteiger partial charge in [-0.1, -0.05) is 6.07 Å². The van der Waals surface area contributed by atoms with E-state index in [-0.39, 0.29) is 12.4 Å². The first-order valence-corrected chi connectivity index (χ1v) is 7.41. The summed E-state index contributed by atoms with van der Waals surface area (Å²) in [6.45, 7) is 3.05. The zero-order valence-corrected chi connectivity index (χ0v) is 14.7. The predicted molar refractivity (Wildman–Crippen MR) is 90.7 cm³/mol. The van der Waals surface area contributed by atoms with Crippen LogP contribution in [0.1, 0.15) is 18.4 Å². The fourth-order valence-corrected chi connectivity index (χ4v) is 2.96. The minimum Gasteiger partial charge on any atom is -0.493 e. The van der Waals surface area contributed by atoms with Crippen molar-refractivity contribution in [1.82, 2.24) is 10.2 Å². The molecule has 1 aliphatic heterocycles. The van der Waals surface area contributed by atoms with E-state index in [1.54, 1.807) is 21.3 Å². The van der Waals surface area contributed by atoms with Crippen molar-refractivity contribution >= 4 is 12.4 Å². The fourth-order valence-electron chi connectivity index (χ4n) is 2.96. The molecule has 0 radical (unpaired) electrons. The molecule has 1 aromatic carbocycles. The van der Waals surface area contributed by atoms with Crippen molar-refractivity contribution in [1.29, 1.82) is 0 Å². The maximum atomic E-state index is 5.56. The zero-order chi connectivity index (χ0) is 15.2. The molecule has 0 bridgehead atoms. The molecule has 0 aliphatic carbocycles. The number of methoxy groups -OCH3 is 3. The second kappa shape index (κ2) is 9.08. The van der Waals surface area contributed by atoms with Crippen molar-refractivity contribution in [2.24, 2.45) is 0 Å². The van der Waals surface area contributed by atoms with Crippen LogP contribution in [-0.4, -0.2) is 52.4 Å². The number of benzene rings is 1. The smallest absolute Gasteiger partial charge is 0.203 e. The van der Waals surface area contributed by atoms with Crippen molar-refractivity contribution in [3.05, 3.63) is 17.7 Å². The molecule has 2 rings (SSSR count). The minimum atomic E-state index is 0. The third-order valence-corrected chi connectivity index (χ3v) is 4.09. The van der Waals surface area contributed by atoms with E-state index >= 15 is 0 Å². The molecule has 1 atom stereocenters. The number of piperidine rings is 1. The molecule has 1 N–H and O–H groups in total. The molecule has 1 saturated heterocycles. The van der Waals surface area contributed by atoms with E-state index in [9.17, 15) is 0 Å². The zero-order valence-electron chi connectivity index (χ0n) is 13.8. The number of nitrogens with one attached hydrogen (secondary N) is 1. The van der Waals surface area contributed by atoms with Gasteiger partial charge in [0.1, 0.15) is 0 Å². The third-order valence-electron chi connectivity index (χ3n) is 4.09. The van der Waals surface area contributed by atoms with Crippen LogP contribution in [0.5, 0.6) is 17.2 Å². The summed E-state index contributed by atoms with van der Waals surface area (Å²) < 4.78 is 16.3. The molecule has 0 aromatic heterocycles. The highest BCUT2D eigenvalue weighted by molar-refractivity contribution is 5.85. The Kier molecular flexibility index (Phi) is 7.79. The summed E-state index contributed by atoms with van der Waals surface area (Å²) in [6.07, 6.45) is 2.47. The summed E-state index contributed by atoms with van der Waals surface area (Å²) in [4.78, 5) is 2.45. The topological polar surface area (TPSA) is 43.0 Å². The number of nitrogens with zero attached hydrogens (tertiary/aromatic N) is 1. The summed E-state index contributed by atoms with van der Waals surface area (Å²) in [5, 5.41) is 3.37. The number of hydrogen-bond donors (Lipinski definition) is 1. The van der Waals surface area contributed by atoms with Gasteiger partial charge in [0.05, 0.1) is 21.3 Å². The molecular weight excluding hydrogens is 304 g/mol. The van der Waals surface area contributed by atoms with E-state index in [1.165, 1.54) is 12.8 Å². The summed E-state index contributed by atoms with van der Waals surface area (Å²) >= 11 is 0. The lowest BCUT2D eigenvalue weighted by Crippen LogP contribution is -2.43. The lowest BCUT2D eigenvalue weighted by atomic mass is 10.0. The van der Waals surface area contributed by atoms with Gasteiger partial charge in [-0.15, -0.1) is 12.4 Å². The normalized spacial score (nSPS) is 18.5. The molecule has 1 aromatic rings. The van der Waals surface area contributed by atoms with Gasteiger partial charge in [-0.3, -0.25) is 4.90 Å². The SMILES string of the molecule is CNC1CCCN(Cc2ccc(OC)c(OC)c2OC)C1.Cl. The van der Waals surface area contributed by atoms with Crippen LogP contribution in [0.4, 0.5) is 0 Å². The van der Waals surface area contributed by atoms with Crippen LogP contribution < -0.4 is 19.5 Å². The lowest BCUT2D eigenvalue weighted by Gasteiger charge is -2.33. The number of likely N-dealkylation sites (tertiary alicyclic amines) is 1. The van der Waals surface area contributed by atoms with Crippen LogP contribution in [0.3, 0.4) is 0 Å². The van der Waals surface area contributed by atoms with Gasteiger partial charge in [0.15, 0.2) is 11.5 Å². The fraction of sp³-hybridized carbons (Fsp3) is 0.625. The molecule has 22 heavy (non-hydrogen) atoms. The van der Waals surface area contributed by atoms with Gasteiger partial charge in [0.25, 0.3) is 0 Å². The Balaban J connectivity index is 0.00000242. The Bertz CT molecular complexity index is 471. The first-order chi connectivity index (χ1) is 10.2. The quantitative estimate of drug-likeness (QED) is 0.867. The minimum absolute atomic E-state index is 0. The molecule has 1 aliphatic rings. The van der Waals surface area contributed by atoms with E-state index in [4.69, 9.17) is 14.2 Å². The Labute approximate surface area is 139 Å². The third kappa shape index (κ3) is 4.18. The first-order valence-electron chi connectivity index (χ1n) is 7.41. The summed E-state index contributed by atoms with van der Waals surface area (Å²) in [5.74, 6) is 2.13. The van der Waals surface area contributed by atoms with Gasteiger partial charge in [-0.25, -0.2) is 0 Å². The first kappa shape index (κ1) is 18.9. The van der Waals surface area contributed by atoms with Crippen LogP contribution in [-0.2, 0) is 6.54 Å². The van der Waals surface area contributed by atoms with E-state index in [1.807, 2.05) is 13.1 Å². The van der Waals surface area contributed by atoms with Crippen LogP contribution >= 0.6 is 12.4 Å². The van der Waals surface area contributed by atoms with Crippen LogP contribution in [0.25, 0.3) is 0 Å². The van der Waals surface area contributed by atoms with Crippen molar-refractivity contribution in [3.8, 4) is 17.2 Å². The molecule has 0 amide bonds. The molecule has 1 heterocycles.